The van der Waals surface area contributed by atoms with E-state index in [1.807, 2.05) is 25.1 Å². The number of amides is 2. The van der Waals surface area contributed by atoms with Crippen LogP contribution in [0.15, 0.2) is 53.4 Å². The van der Waals surface area contributed by atoms with Crippen molar-refractivity contribution in [3.8, 4) is 0 Å². The molecule has 1 saturated heterocycles. The monoisotopic (exact) mass is 381 g/mol. The van der Waals surface area contributed by atoms with E-state index < -0.39 is 0 Å². The summed E-state index contributed by atoms with van der Waals surface area (Å²) in [7, 11) is 0. The first-order chi connectivity index (χ1) is 13.1. The molecule has 2 aliphatic heterocycles. The normalized spacial score (nSPS) is 22.2. The quantitative estimate of drug-likeness (QED) is 0.854. The minimum Gasteiger partial charge on any atom is -0.348 e. The number of hydrogen-bond donors (Lipinski definition) is 2. The van der Waals surface area contributed by atoms with E-state index in [-0.39, 0.29) is 23.1 Å². The zero-order valence-corrected chi connectivity index (χ0v) is 16.1. The molecule has 27 heavy (non-hydrogen) atoms. The average molecular weight is 382 g/mol. The highest BCUT2D eigenvalue weighted by Crippen LogP contribution is 2.35. The van der Waals surface area contributed by atoms with Gasteiger partial charge in [-0.1, -0.05) is 30.3 Å². The second kappa shape index (κ2) is 7.74. The third-order valence-corrected chi connectivity index (χ3v) is 6.21. The first-order valence-electron chi connectivity index (χ1n) is 9.27. The molecule has 2 heterocycles. The number of rotatable bonds is 4. The van der Waals surface area contributed by atoms with Crippen LogP contribution in [0.1, 0.15) is 29.3 Å². The molecule has 140 valence electrons. The van der Waals surface area contributed by atoms with Crippen molar-refractivity contribution in [2.45, 2.75) is 36.1 Å². The highest BCUT2D eigenvalue weighted by molar-refractivity contribution is 8.00. The lowest BCUT2D eigenvalue weighted by Crippen LogP contribution is -2.37. The van der Waals surface area contributed by atoms with Crippen molar-refractivity contribution in [3.05, 3.63) is 59.7 Å². The number of anilines is 1. The zero-order valence-electron chi connectivity index (χ0n) is 15.3. The van der Waals surface area contributed by atoms with E-state index in [1.54, 1.807) is 6.07 Å². The molecule has 0 unspecified atom stereocenters. The molecule has 2 aromatic carbocycles. The smallest absolute Gasteiger partial charge is 0.251 e. The lowest BCUT2D eigenvalue weighted by Gasteiger charge is -2.22. The number of thioether (sulfide) groups is 1. The lowest BCUT2D eigenvalue weighted by atomic mass is 10.1. The molecule has 2 N–H and O–H groups in total. The minimum absolute atomic E-state index is 0.0163. The SMILES string of the molecule is C[C@@H]1Sc2ccc(C(=O)N[C@H]3CCN(Cc4ccccc4)C3)cc2NC1=O. The van der Waals surface area contributed by atoms with Crippen LogP contribution in [-0.4, -0.2) is 41.1 Å². The van der Waals surface area contributed by atoms with Crippen molar-refractivity contribution < 1.29 is 9.59 Å². The van der Waals surface area contributed by atoms with Gasteiger partial charge >= 0.3 is 0 Å². The Morgan fingerprint density at radius 2 is 2.07 bits per heavy atom. The van der Waals surface area contributed by atoms with Crippen LogP contribution in [0.4, 0.5) is 5.69 Å². The Morgan fingerprint density at radius 3 is 2.89 bits per heavy atom. The Balaban J connectivity index is 1.36. The molecule has 0 spiro atoms. The molecule has 2 atom stereocenters. The fourth-order valence-electron chi connectivity index (χ4n) is 3.55. The van der Waals surface area contributed by atoms with Gasteiger partial charge in [-0.3, -0.25) is 14.5 Å². The maximum absolute atomic E-state index is 12.6. The largest absolute Gasteiger partial charge is 0.348 e. The third kappa shape index (κ3) is 4.17. The van der Waals surface area contributed by atoms with Gasteiger partial charge in [0.1, 0.15) is 0 Å². The Morgan fingerprint density at radius 1 is 1.26 bits per heavy atom. The molecule has 2 aromatic rings. The standard InChI is InChI=1S/C21H23N3O2S/c1-14-20(25)23-18-11-16(7-8-19(18)27-14)21(26)22-17-9-10-24(13-17)12-15-5-3-2-4-6-15/h2-8,11,14,17H,9-10,12-13H2,1H3,(H,22,26)(H,23,25)/t14-,17-/m0/s1. The van der Waals surface area contributed by atoms with Crippen LogP contribution in [0, 0.1) is 0 Å². The van der Waals surface area contributed by atoms with Gasteiger partial charge in [0.2, 0.25) is 5.91 Å². The molecule has 0 aromatic heterocycles. The number of nitrogens with one attached hydrogen (secondary N) is 2. The molecular weight excluding hydrogens is 358 g/mol. The van der Waals surface area contributed by atoms with Gasteiger partial charge in [0.25, 0.3) is 5.91 Å². The van der Waals surface area contributed by atoms with Gasteiger partial charge in [0.05, 0.1) is 10.9 Å². The summed E-state index contributed by atoms with van der Waals surface area (Å²) in [6.45, 7) is 4.63. The summed E-state index contributed by atoms with van der Waals surface area (Å²) >= 11 is 1.52. The van der Waals surface area contributed by atoms with Gasteiger partial charge in [0.15, 0.2) is 0 Å². The number of benzene rings is 2. The number of likely N-dealkylation sites (tertiary alicyclic amines) is 1. The average Bonchev–Trinajstić information content (AvgIpc) is 3.10. The molecule has 2 aliphatic rings. The van der Waals surface area contributed by atoms with Crippen molar-refractivity contribution in [1.82, 2.24) is 10.2 Å². The second-order valence-corrected chi connectivity index (χ2v) is 8.52. The topological polar surface area (TPSA) is 61.4 Å². The summed E-state index contributed by atoms with van der Waals surface area (Å²) < 4.78 is 0. The fourth-order valence-corrected chi connectivity index (χ4v) is 4.48. The number of carbonyl (C=O) groups excluding carboxylic acids is 2. The summed E-state index contributed by atoms with van der Waals surface area (Å²) in [5.41, 5.74) is 2.61. The summed E-state index contributed by atoms with van der Waals surface area (Å²) in [5, 5.41) is 5.92. The molecule has 0 saturated carbocycles. The Hall–Kier alpha value is -2.31. The maximum atomic E-state index is 12.6. The van der Waals surface area contributed by atoms with Gasteiger partial charge < -0.3 is 10.6 Å². The predicted octanol–water partition coefficient (Wildman–Crippen LogP) is 3.12. The van der Waals surface area contributed by atoms with Gasteiger partial charge in [-0.2, -0.15) is 0 Å². The molecule has 0 aliphatic carbocycles. The van der Waals surface area contributed by atoms with Crippen molar-refractivity contribution in [3.63, 3.8) is 0 Å². The van der Waals surface area contributed by atoms with Gasteiger partial charge in [0, 0.05) is 36.1 Å². The first kappa shape index (κ1) is 18.1. The van der Waals surface area contributed by atoms with E-state index in [2.05, 4.69) is 39.8 Å². The van der Waals surface area contributed by atoms with Gasteiger partial charge in [-0.15, -0.1) is 11.8 Å². The van der Waals surface area contributed by atoms with Crippen LogP contribution in [0.2, 0.25) is 0 Å². The molecule has 2 amide bonds. The van der Waals surface area contributed by atoms with Crippen LogP contribution in [-0.2, 0) is 11.3 Å². The van der Waals surface area contributed by atoms with Crippen molar-refractivity contribution in [1.29, 1.82) is 0 Å². The second-order valence-electron chi connectivity index (χ2n) is 7.14. The Labute approximate surface area is 163 Å². The lowest BCUT2D eigenvalue weighted by molar-refractivity contribution is -0.115. The highest BCUT2D eigenvalue weighted by Gasteiger charge is 2.26. The predicted molar refractivity (Wildman–Crippen MR) is 108 cm³/mol. The van der Waals surface area contributed by atoms with Crippen molar-refractivity contribution >= 4 is 29.3 Å². The number of hydrogen-bond acceptors (Lipinski definition) is 4. The van der Waals surface area contributed by atoms with E-state index in [4.69, 9.17) is 0 Å². The summed E-state index contributed by atoms with van der Waals surface area (Å²) in [6.07, 6.45) is 0.952. The van der Waals surface area contributed by atoms with Crippen LogP contribution < -0.4 is 10.6 Å². The molecule has 6 heteroatoms. The van der Waals surface area contributed by atoms with E-state index in [9.17, 15) is 9.59 Å². The molecule has 5 nitrogen and oxygen atoms in total. The summed E-state index contributed by atoms with van der Waals surface area (Å²) in [4.78, 5) is 27.9. The van der Waals surface area contributed by atoms with Crippen molar-refractivity contribution in [2.75, 3.05) is 18.4 Å². The van der Waals surface area contributed by atoms with E-state index in [1.165, 1.54) is 17.3 Å². The fraction of sp³-hybridized carbons (Fsp3) is 0.333. The Bertz CT molecular complexity index is 856. The van der Waals surface area contributed by atoms with Crippen LogP contribution in [0.5, 0.6) is 0 Å². The van der Waals surface area contributed by atoms with E-state index in [0.717, 1.165) is 36.6 Å². The molecular formula is C21H23N3O2S. The number of fused-ring (bicyclic) bond motifs is 1. The molecule has 0 bridgehead atoms. The highest BCUT2D eigenvalue weighted by atomic mass is 32.2. The van der Waals surface area contributed by atoms with Gasteiger partial charge in [-0.25, -0.2) is 0 Å². The third-order valence-electron chi connectivity index (χ3n) is 5.03. The first-order valence-corrected chi connectivity index (χ1v) is 10.1. The van der Waals surface area contributed by atoms with E-state index in [0.29, 0.717) is 5.56 Å². The Kier molecular flexibility index (Phi) is 5.18. The van der Waals surface area contributed by atoms with Crippen LogP contribution in [0.25, 0.3) is 0 Å². The van der Waals surface area contributed by atoms with Crippen LogP contribution in [0.3, 0.4) is 0 Å². The van der Waals surface area contributed by atoms with Crippen molar-refractivity contribution in [2.24, 2.45) is 0 Å². The molecule has 4 rings (SSSR count). The van der Waals surface area contributed by atoms with E-state index >= 15 is 0 Å². The van der Waals surface area contributed by atoms with Gasteiger partial charge in [-0.05, 0) is 37.1 Å². The molecule has 1 fully saturated rings. The number of nitrogens with zero attached hydrogens (tertiary/aromatic N) is 1. The van der Waals surface area contributed by atoms with Crippen LogP contribution >= 0.6 is 11.8 Å². The summed E-state index contributed by atoms with van der Waals surface area (Å²) in [6, 6.07) is 16.1. The number of carbonyl (C=O) groups is 2. The minimum atomic E-state index is -0.105. The summed E-state index contributed by atoms with van der Waals surface area (Å²) in [5.74, 6) is -0.0976. The maximum Gasteiger partial charge on any atom is 0.251 e. The molecule has 0 radical (unpaired) electrons. The zero-order chi connectivity index (χ0) is 18.8.